The molecule has 4 N–H and O–H groups in total. The molecule has 246 valence electrons. The minimum atomic E-state index is -4.44. The monoisotopic (exact) mass is 653 g/mol. The fraction of sp³-hybridized carbons (Fsp3) is 0.577. The molecule has 1 saturated heterocycles. The highest BCUT2D eigenvalue weighted by Crippen LogP contribution is 2.48. The molecule has 0 unspecified atom stereocenters. The largest absolute Gasteiger partial charge is 0.465 e. The second kappa shape index (κ2) is 14.8. The molecule has 3 rings (SSSR count). The van der Waals surface area contributed by atoms with Gasteiger partial charge >= 0.3 is 37.3 Å². The number of rotatable bonds is 14. The molecule has 0 aromatic carbocycles. The zero-order valence-corrected chi connectivity index (χ0v) is 26.4. The Hall–Kier alpha value is -4.14. The lowest BCUT2D eigenvalue weighted by molar-refractivity contribution is -0.167. The highest BCUT2D eigenvalue weighted by Gasteiger charge is 2.67. The summed E-state index contributed by atoms with van der Waals surface area (Å²) in [5.74, 6) is -3.08. The summed E-state index contributed by atoms with van der Waals surface area (Å²) in [6.45, 7) is 15.3. The predicted octanol–water partition coefficient (Wildman–Crippen LogP) is 1.07. The van der Waals surface area contributed by atoms with Crippen molar-refractivity contribution in [2.24, 2.45) is 0 Å². The summed E-state index contributed by atoms with van der Waals surface area (Å²) in [7, 11) is -4.44. The van der Waals surface area contributed by atoms with Crippen molar-refractivity contribution in [1.29, 1.82) is 0 Å². The van der Waals surface area contributed by atoms with Crippen LogP contribution in [0.4, 0.5) is 5.82 Å². The van der Waals surface area contributed by atoms with Gasteiger partial charge in [-0.2, -0.15) is 5.10 Å². The van der Waals surface area contributed by atoms with Crippen LogP contribution in [0.1, 0.15) is 53.3 Å². The molecule has 2 aromatic rings. The number of hydrogen-bond donors (Lipinski definition) is 3. The second-order valence-electron chi connectivity index (χ2n) is 9.83. The third-order valence-electron chi connectivity index (χ3n) is 6.42. The Morgan fingerprint density at radius 3 is 2.18 bits per heavy atom. The van der Waals surface area contributed by atoms with Gasteiger partial charge in [0.1, 0.15) is 30.0 Å². The van der Waals surface area contributed by atoms with Crippen LogP contribution in [0.2, 0.25) is 0 Å². The quantitative estimate of drug-likeness (QED) is 0.112. The molecule has 1 aliphatic heterocycles. The van der Waals surface area contributed by atoms with Gasteiger partial charge in [-0.25, -0.2) is 26.2 Å². The van der Waals surface area contributed by atoms with Gasteiger partial charge in [-0.3, -0.25) is 37.8 Å². The van der Waals surface area contributed by atoms with Crippen molar-refractivity contribution in [2.45, 2.75) is 77.7 Å². The highest BCUT2D eigenvalue weighted by molar-refractivity contribution is 7.54. The molecule has 6 atom stereocenters. The van der Waals surface area contributed by atoms with E-state index in [4.69, 9.17) is 40.5 Å². The van der Waals surface area contributed by atoms with Gasteiger partial charge in [0, 0.05) is 13.8 Å². The smallest absolute Gasteiger partial charge is 0.402 e. The Labute approximate surface area is 258 Å². The van der Waals surface area contributed by atoms with Crippen molar-refractivity contribution >= 4 is 42.9 Å². The van der Waals surface area contributed by atoms with E-state index in [1.165, 1.54) is 24.7 Å². The minimum Gasteiger partial charge on any atom is -0.465 e. The maximum atomic E-state index is 14.1. The number of nitrogen functional groups attached to an aromatic ring is 1. The van der Waals surface area contributed by atoms with Gasteiger partial charge in [0.05, 0.1) is 18.9 Å². The van der Waals surface area contributed by atoms with Crippen LogP contribution in [-0.4, -0.2) is 88.3 Å². The van der Waals surface area contributed by atoms with Gasteiger partial charge in [0.25, 0.3) is 0 Å². The molecule has 1 aliphatic rings. The number of esters is 4. The lowest BCUT2D eigenvalue weighted by Gasteiger charge is -2.28. The molecule has 0 radical (unpaired) electrons. The molecular formula is C26H36N7O11P. The number of carbonyl (C=O) groups is 4. The molecule has 0 amide bonds. The molecule has 19 heteroatoms. The summed E-state index contributed by atoms with van der Waals surface area (Å²) in [5, 5.41) is 9.16. The number of nitrogens with zero attached hydrogens (tertiary/aromatic N) is 4. The first-order chi connectivity index (χ1) is 21.2. The first kappa shape index (κ1) is 35.3. The summed E-state index contributed by atoms with van der Waals surface area (Å²) < 4.78 is 48.4. The van der Waals surface area contributed by atoms with Crippen molar-refractivity contribution in [2.75, 3.05) is 25.6 Å². The maximum absolute atomic E-state index is 14.1. The average molecular weight is 654 g/mol. The van der Waals surface area contributed by atoms with Gasteiger partial charge in [-0.1, -0.05) is 0 Å². The van der Waals surface area contributed by atoms with Crippen LogP contribution in [0, 0.1) is 6.57 Å². The molecule has 0 aliphatic carbocycles. The van der Waals surface area contributed by atoms with E-state index < -0.39 is 74.3 Å². The summed E-state index contributed by atoms with van der Waals surface area (Å²) in [6.07, 6.45) is -3.15. The van der Waals surface area contributed by atoms with E-state index in [0.717, 1.165) is 13.8 Å². The molecule has 1 fully saturated rings. The Morgan fingerprint density at radius 2 is 1.67 bits per heavy atom. The van der Waals surface area contributed by atoms with Crippen molar-refractivity contribution in [1.82, 2.24) is 24.8 Å². The molecule has 2 aromatic heterocycles. The van der Waals surface area contributed by atoms with E-state index in [1.54, 1.807) is 26.0 Å². The second-order valence-corrected chi connectivity index (χ2v) is 11.7. The molecule has 3 heterocycles. The number of hydrogen-bond acceptors (Lipinski definition) is 14. The summed E-state index contributed by atoms with van der Waals surface area (Å²) in [6, 6.07) is 0.690. The zero-order chi connectivity index (χ0) is 33.5. The Kier molecular flexibility index (Phi) is 11.6. The van der Waals surface area contributed by atoms with Crippen LogP contribution in [0.25, 0.3) is 10.4 Å². The van der Waals surface area contributed by atoms with Gasteiger partial charge in [-0.15, -0.1) is 0 Å². The number of anilines is 1. The van der Waals surface area contributed by atoms with Crippen LogP contribution < -0.4 is 15.9 Å². The van der Waals surface area contributed by atoms with Gasteiger partial charge in [0.2, 0.25) is 6.10 Å². The first-order valence-electron chi connectivity index (χ1n) is 13.8. The summed E-state index contributed by atoms with van der Waals surface area (Å²) in [4.78, 5) is 56.7. The maximum Gasteiger partial charge on any atom is 0.402 e. The lowest BCUT2D eigenvalue weighted by atomic mass is 10.0. The fourth-order valence-electron chi connectivity index (χ4n) is 4.52. The van der Waals surface area contributed by atoms with Crippen LogP contribution in [0.15, 0.2) is 18.5 Å². The van der Waals surface area contributed by atoms with Crippen LogP contribution in [0.5, 0.6) is 0 Å². The van der Waals surface area contributed by atoms with E-state index in [2.05, 4.69) is 25.1 Å². The summed E-state index contributed by atoms with van der Waals surface area (Å²) >= 11 is 0. The number of carbonyl (C=O) groups excluding carboxylic acids is 4. The zero-order valence-electron chi connectivity index (χ0n) is 25.5. The number of fused-ring (bicyclic) bond motifs is 1. The number of aromatic nitrogens is 3. The standard InChI is InChI=1S/C26H36N7O11P/c1-8-39-24(36)14(3)31-45(38,32-15(4)25(37)40-9-2)41-12-26(28-7)22(43-17(6)35)21(42-16(5)34)20(44-26)18-10-11-19-23(27)29-13-30-33(18)19/h10-11,13-15,20-22H,8-9,12H2,1-6H3,(H2,27,29,30)(H2,31,32,38)/t14-,15-,20-,21-,22-,26+/m0/s1. The van der Waals surface area contributed by atoms with E-state index in [-0.39, 0.29) is 24.7 Å². The van der Waals surface area contributed by atoms with Crippen molar-refractivity contribution in [3.05, 3.63) is 35.6 Å². The first-order valence-corrected chi connectivity index (χ1v) is 15.5. The van der Waals surface area contributed by atoms with Crippen molar-refractivity contribution in [3.63, 3.8) is 0 Å². The molecule has 0 spiro atoms. The molecule has 0 saturated carbocycles. The van der Waals surface area contributed by atoms with Gasteiger partial charge < -0.3 is 24.7 Å². The molecule has 0 bridgehead atoms. The van der Waals surface area contributed by atoms with E-state index >= 15 is 0 Å². The Morgan fingerprint density at radius 1 is 1.09 bits per heavy atom. The lowest BCUT2D eigenvalue weighted by Crippen LogP contribution is -2.49. The third-order valence-corrected chi connectivity index (χ3v) is 8.37. The Bertz CT molecular complexity index is 1480. The number of nitrogens with two attached hydrogens (primary N) is 1. The normalized spacial score (nSPS) is 22.6. The SMILES string of the molecule is [C-]#[N+][C@]1(COP(=O)(N[C@@H](C)C(=O)OCC)N[C@@H](C)C(=O)OCC)O[C@@H](c2ccc3c(N)ncnn23)[C@H](OC(C)=O)[C@@H]1OC(C)=O. The average Bonchev–Trinajstić information content (AvgIpc) is 3.52. The topological polar surface area (TPSA) is 225 Å². The fourth-order valence-corrected chi connectivity index (χ4v) is 6.34. The van der Waals surface area contributed by atoms with Gasteiger partial charge in [-0.05, 0) is 39.8 Å². The summed E-state index contributed by atoms with van der Waals surface area (Å²) in [5.41, 5.74) is 4.31. The van der Waals surface area contributed by atoms with E-state index in [1.807, 2.05) is 0 Å². The molecular weight excluding hydrogens is 617 g/mol. The molecule has 18 nitrogen and oxygen atoms in total. The van der Waals surface area contributed by atoms with Crippen molar-refractivity contribution < 1.29 is 52.0 Å². The van der Waals surface area contributed by atoms with E-state index in [9.17, 15) is 23.7 Å². The van der Waals surface area contributed by atoms with Gasteiger partial charge in [0.15, 0.2) is 18.5 Å². The van der Waals surface area contributed by atoms with Crippen molar-refractivity contribution in [3.8, 4) is 0 Å². The molecule has 45 heavy (non-hydrogen) atoms. The Balaban J connectivity index is 2.06. The number of ether oxygens (including phenoxy) is 5. The van der Waals surface area contributed by atoms with E-state index in [0.29, 0.717) is 5.52 Å². The predicted molar refractivity (Wildman–Crippen MR) is 154 cm³/mol. The minimum absolute atomic E-state index is 0.0331. The highest BCUT2D eigenvalue weighted by atomic mass is 31.2. The van der Waals surface area contributed by atoms with Crippen LogP contribution in [-0.2, 0) is 52.0 Å². The van der Waals surface area contributed by atoms with Crippen LogP contribution >= 0.6 is 7.67 Å². The number of nitrogens with one attached hydrogen (secondary N) is 2. The third kappa shape index (κ3) is 8.12. The van der Waals surface area contributed by atoms with Crippen LogP contribution in [0.3, 0.4) is 0 Å².